The van der Waals surface area contributed by atoms with E-state index >= 15 is 0 Å². The number of hydrogen-bond donors (Lipinski definition) is 0. The highest BCUT2D eigenvalue weighted by Gasteiger charge is 2.37. The van der Waals surface area contributed by atoms with Crippen LogP contribution in [0.2, 0.25) is 0 Å². The van der Waals surface area contributed by atoms with Gasteiger partial charge in [-0.15, -0.1) is 0 Å². The normalized spacial score (nSPS) is 28.2. The quantitative estimate of drug-likeness (QED) is 0.461. The molecule has 1 unspecified atom stereocenters. The summed E-state index contributed by atoms with van der Waals surface area (Å²) in [6, 6.07) is 0. The Hall–Kier alpha value is -0.660. The maximum Gasteiger partial charge on any atom is 0.148 e. The molecule has 0 saturated heterocycles. The van der Waals surface area contributed by atoms with Gasteiger partial charge in [-0.25, -0.2) is 0 Å². The van der Waals surface area contributed by atoms with Crippen LogP contribution in [0.1, 0.15) is 46.5 Å². The highest BCUT2D eigenvalue weighted by atomic mass is 16.2. The third kappa shape index (κ3) is 2.17. The lowest BCUT2D eigenvalue weighted by molar-refractivity contribution is -0.137. The lowest BCUT2D eigenvalue weighted by Crippen LogP contribution is -2.32. The average Bonchev–Trinajstić information content (AvgIpc) is 2.13. The largest absolute Gasteiger partial charge is 0.299 e. The molecule has 0 aromatic heterocycles. The van der Waals surface area contributed by atoms with E-state index in [0.29, 0.717) is 0 Å². The molecule has 2 heteroatoms. The standard InChI is InChI=1S/C11H18O2/c1-8(12)9-6-4-5-7-11(2,3)10(9)13/h9H,4-7H2,1-3H3. The molecule has 0 bridgehead atoms. The van der Waals surface area contributed by atoms with Gasteiger partial charge >= 0.3 is 0 Å². The Kier molecular flexibility index (Phi) is 2.89. The van der Waals surface area contributed by atoms with Crippen LogP contribution in [0.25, 0.3) is 0 Å². The molecule has 13 heavy (non-hydrogen) atoms. The molecule has 74 valence electrons. The minimum absolute atomic E-state index is 0.0416. The van der Waals surface area contributed by atoms with Gasteiger partial charge in [-0.1, -0.05) is 26.7 Å². The number of hydrogen-bond acceptors (Lipinski definition) is 2. The van der Waals surface area contributed by atoms with Gasteiger partial charge in [0.05, 0.1) is 5.92 Å². The van der Waals surface area contributed by atoms with Crippen molar-refractivity contribution < 1.29 is 9.59 Å². The Morgan fingerprint density at radius 1 is 1.38 bits per heavy atom. The van der Waals surface area contributed by atoms with E-state index in [9.17, 15) is 9.59 Å². The minimum atomic E-state index is -0.322. The lowest BCUT2D eigenvalue weighted by Gasteiger charge is -2.23. The smallest absolute Gasteiger partial charge is 0.148 e. The fraction of sp³-hybridized carbons (Fsp3) is 0.818. The maximum absolute atomic E-state index is 11.9. The number of carbonyl (C=O) groups is 2. The van der Waals surface area contributed by atoms with E-state index in [1.807, 2.05) is 13.8 Å². The molecule has 0 spiro atoms. The molecule has 1 fully saturated rings. The second-order valence-corrected chi connectivity index (χ2v) is 4.66. The molecule has 0 aromatic rings. The summed E-state index contributed by atoms with van der Waals surface area (Å²) in [6.45, 7) is 5.44. The van der Waals surface area contributed by atoms with Gasteiger partial charge < -0.3 is 0 Å². The molecule has 0 aromatic carbocycles. The summed E-state index contributed by atoms with van der Waals surface area (Å²) in [5.74, 6) is -0.130. The molecule has 0 N–H and O–H groups in total. The molecule has 2 nitrogen and oxygen atoms in total. The summed E-state index contributed by atoms with van der Waals surface area (Å²) in [4.78, 5) is 23.1. The van der Waals surface area contributed by atoms with Gasteiger partial charge in [-0.3, -0.25) is 9.59 Å². The van der Waals surface area contributed by atoms with Crippen LogP contribution in [-0.4, -0.2) is 11.6 Å². The molecule has 0 heterocycles. The molecule has 1 atom stereocenters. The van der Waals surface area contributed by atoms with E-state index in [-0.39, 0.29) is 22.9 Å². The van der Waals surface area contributed by atoms with Crippen molar-refractivity contribution in [3.8, 4) is 0 Å². The van der Waals surface area contributed by atoms with Gasteiger partial charge in [0.1, 0.15) is 11.6 Å². The third-order valence-corrected chi connectivity index (χ3v) is 3.02. The summed E-state index contributed by atoms with van der Waals surface area (Å²) < 4.78 is 0. The summed E-state index contributed by atoms with van der Waals surface area (Å²) in [5, 5.41) is 0. The van der Waals surface area contributed by atoms with E-state index in [0.717, 1.165) is 25.7 Å². The Bertz CT molecular complexity index is 228. The number of rotatable bonds is 1. The summed E-state index contributed by atoms with van der Waals surface area (Å²) >= 11 is 0. The monoisotopic (exact) mass is 182 g/mol. The van der Waals surface area contributed by atoms with Crippen molar-refractivity contribution in [2.45, 2.75) is 46.5 Å². The molecular formula is C11H18O2. The number of ketones is 2. The zero-order valence-electron chi connectivity index (χ0n) is 8.72. The minimum Gasteiger partial charge on any atom is -0.299 e. The van der Waals surface area contributed by atoms with Crippen molar-refractivity contribution in [3.05, 3.63) is 0 Å². The fourth-order valence-electron chi connectivity index (χ4n) is 2.03. The second kappa shape index (κ2) is 3.60. The summed E-state index contributed by atoms with van der Waals surface area (Å²) in [6.07, 6.45) is 3.77. The molecule has 0 amide bonds. The molecule has 1 rings (SSSR count). The predicted molar refractivity (Wildman–Crippen MR) is 51.4 cm³/mol. The average molecular weight is 182 g/mol. The van der Waals surface area contributed by atoms with Gasteiger partial charge in [0.2, 0.25) is 0 Å². The SMILES string of the molecule is CC(=O)C1CCCCC(C)(C)C1=O. The first-order valence-corrected chi connectivity index (χ1v) is 5.00. The zero-order valence-corrected chi connectivity index (χ0v) is 8.72. The van der Waals surface area contributed by atoms with Gasteiger partial charge in [0.15, 0.2) is 0 Å². The van der Waals surface area contributed by atoms with Gasteiger partial charge in [0, 0.05) is 5.41 Å². The van der Waals surface area contributed by atoms with Crippen LogP contribution in [0.3, 0.4) is 0 Å². The van der Waals surface area contributed by atoms with E-state index in [1.165, 1.54) is 6.92 Å². The van der Waals surface area contributed by atoms with Crippen LogP contribution < -0.4 is 0 Å². The van der Waals surface area contributed by atoms with Gasteiger partial charge in [-0.2, -0.15) is 0 Å². The highest BCUT2D eigenvalue weighted by Crippen LogP contribution is 2.34. The van der Waals surface area contributed by atoms with Crippen molar-refractivity contribution in [2.75, 3.05) is 0 Å². The molecule has 0 aliphatic heterocycles. The lowest BCUT2D eigenvalue weighted by atomic mass is 9.79. The molecule has 1 aliphatic carbocycles. The second-order valence-electron chi connectivity index (χ2n) is 4.66. The van der Waals surface area contributed by atoms with Crippen LogP contribution in [0.5, 0.6) is 0 Å². The van der Waals surface area contributed by atoms with Crippen LogP contribution in [0.4, 0.5) is 0 Å². The Morgan fingerprint density at radius 3 is 2.54 bits per heavy atom. The van der Waals surface area contributed by atoms with E-state index in [4.69, 9.17) is 0 Å². The van der Waals surface area contributed by atoms with Crippen LogP contribution in [0.15, 0.2) is 0 Å². The topological polar surface area (TPSA) is 34.1 Å². The van der Waals surface area contributed by atoms with Crippen molar-refractivity contribution in [2.24, 2.45) is 11.3 Å². The maximum atomic E-state index is 11.9. The van der Waals surface area contributed by atoms with Crippen molar-refractivity contribution in [1.82, 2.24) is 0 Å². The first-order valence-electron chi connectivity index (χ1n) is 5.00. The Labute approximate surface area is 79.7 Å². The van der Waals surface area contributed by atoms with E-state index in [1.54, 1.807) is 0 Å². The van der Waals surface area contributed by atoms with Crippen molar-refractivity contribution in [1.29, 1.82) is 0 Å². The summed E-state index contributed by atoms with van der Waals surface area (Å²) in [7, 11) is 0. The van der Waals surface area contributed by atoms with Crippen LogP contribution in [0, 0.1) is 11.3 Å². The summed E-state index contributed by atoms with van der Waals surface area (Å²) in [5.41, 5.74) is -0.285. The van der Waals surface area contributed by atoms with E-state index in [2.05, 4.69) is 0 Å². The van der Waals surface area contributed by atoms with Crippen molar-refractivity contribution in [3.63, 3.8) is 0 Å². The Balaban J connectivity index is 2.86. The fourth-order valence-corrected chi connectivity index (χ4v) is 2.03. The first-order chi connectivity index (χ1) is 5.95. The highest BCUT2D eigenvalue weighted by molar-refractivity contribution is 6.03. The number of Topliss-reactive ketones (excluding diaryl/α,β-unsaturated/α-hetero) is 2. The number of carbonyl (C=O) groups excluding carboxylic acids is 2. The molecule has 1 aliphatic rings. The Morgan fingerprint density at radius 2 is 2.00 bits per heavy atom. The van der Waals surface area contributed by atoms with Gasteiger partial charge in [-0.05, 0) is 19.8 Å². The first kappa shape index (κ1) is 10.4. The third-order valence-electron chi connectivity index (χ3n) is 3.02. The molecular weight excluding hydrogens is 164 g/mol. The predicted octanol–water partition coefficient (Wildman–Crippen LogP) is 2.36. The van der Waals surface area contributed by atoms with Crippen LogP contribution in [-0.2, 0) is 9.59 Å². The van der Waals surface area contributed by atoms with Crippen LogP contribution >= 0.6 is 0 Å². The molecule has 0 radical (unpaired) electrons. The zero-order chi connectivity index (χ0) is 10.1. The van der Waals surface area contributed by atoms with E-state index < -0.39 is 0 Å². The molecule has 1 saturated carbocycles. The van der Waals surface area contributed by atoms with Gasteiger partial charge in [0.25, 0.3) is 0 Å². The van der Waals surface area contributed by atoms with Crippen molar-refractivity contribution >= 4 is 11.6 Å².